The topological polar surface area (TPSA) is 29.5 Å². The van der Waals surface area contributed by atoms with Crippen LogP contribution in [0.2, 0.25) is 18.1 Å². The third-order valence-electron chi connectivity index (χ3n) is 5.42. The lowest BCUT2D eigenvalue weighted by Crippen LogP contribution is -2.23. The van der Waals surface area contributed by atoms with Crippen molar-refractivity contribution < 1.29 is 9.84 Å². The van der Waals surface area contributed by atoms with Crippen LogP contribution >= 0.6 is 0 Å². The molecular weight excluding hydrogens is 324 g/mol. The lowest BCUT2D eigenvalue weighted by molar-refractivity contribution is 0.190. The predicted molar refractivity (Wildman–Crippen MR) is 109 cm³/mol. The summed E-state index contributed by atoms with van der Waals surface area (Å²) in [5.74, 6) is 6.83. The van der Waals surface area contributed by atoms with Crippen molar-refractivity contribution in [3.8, 4) is 11.8 Å². The average Bonchev–Trinajstić information content (AvgIpc) is 2.62. The molecule has 3 heteroatoms. The Balaban J connectivity index is 1.63. The number of hydrogen-bond donors (Lipinski definition) is 1. The summed E-state index contributed by atoms with van der Waals surface area (Å²) in [6.07, 6.45) is 6.96. The third kappa shape index (κ3) is 8.22. The number of benzene rings is 1. The molecule has 1 aliphatic rings. The molecule has 1 atom stereocenters. The molecule has 1 aromatic carbocycles. The van der Waals surface area contributed by atoms with Gasteiger partial charge in [0.2, 0.25) is 0 Å². The Hall–Kier alpha value is -1.08. The molecule has 0 bridgehead atoms. The molecule has 138 valence electrons. The van der Waals surface area contributed by atoms with E-state index in [2.05, 4.69) is 30.9 Å². The zero-order valence-electron chi connectivity index (χ0n) is 16.0. The highest BCUT2D eigenvalue weighted by Crippen LogP contribution is 2.31. The summed E-state index contributed by atoms with van der Waals surface area (Å²) in [7, 11) is 1.30. The van der Waals surface area contributed by atoms with E-state index in [9.17, 15) is 5.11 Å². The lowest BCUT2D eigenvalue weighted by Gasteiger charge is -2.28. The largest absolute Gasteiger partial charge is 0.385 e. The Bertz CT molecular complexity index is 535. The van der Waals surface area contributed by atoms with Gasteiger partial charge in [-0.05, 0) is 37.8 Å². The molecule has 2 rings (SSSR count). The Morgan fingerprint density at radius 1 is 1.16 bits per heavy atom. The Labute approximate surface area is 155 Å². The summed E-state index contributed by atoms with van der Waals surface area (Å²) in [5, 5.41) is 10.2. The van der Waals surface area contributed by atoms with Crippen molar-refractivity contribution in [2.45, 2.75) is 69.7 Å². The predicted octanol–water partition coefficient (Wildman–Crippen LogP) is 4.55. The minimum atomic E-state index is -0.490. The molecule has 1 N–H and O–H groups in total. The Kier molecular flexibility index (Phi) is 9.32. The van der Waals surface area contributed by atoms with Gasteiger partial charge in [-0.1, -0.05) is 73.4 Å². The number of aryl methyl sites for hydroxylation is 1. The number of methoxy groups -OCH3 is 1. The lowest BCUT2D eigenvalue weighted by atomic mass is 9.95. The van der Waals surface area contributed by atoms with Crippen LogP contribution in [0.1, 0.15) is 49.7 Å². The van der Waals surface area contributed by atoms with E-state index in [0.29, 0.717) is 5.92 Å². The van der Waals surface area contributed by atoms with Gasteiger partial charge in [0.1, 0.15) is 6.10 Å². The maximum Gasteiger partial charge on any atom is 0.115 e. The normalized spacial score (nSPS) is 21.4. The maximum atomic E-state index is 10.2. The van der Waals surface area contributed by atoms with E-state index in [4.69, 9.17) is 4.74 Å². The average molecular weight is 359 g/mol. The standard InChI is InChI=1S/C22H34O2Si/c1-19-6-8-20(9-7-19)10-11-22(23)18-21-12-16-25(17-13-21)15-5-3-4-14-24-2/h6-9,21-23,25H,3-5,12-18H2,1-2H3/t21-,22?,25-. The first-order chi connectivity index (χ1) is 12.2. The molecule has 1 unspecified atom stereocenters. The molecule has 0 aromatic heterocycles. The molecule has 0 radical (unpaired) electrons. The van der Waals surface area contributed by atoms with Gasteiger partial charge in [0, 0.05) is 28.1 Å². The minimum absolute atomic E-state index is 0.474. The van der Waals surface area contributed by atoms with Gasteiger partial charge < -0.3 is 9.84 Å². The van der Waals surface area contributed by atoms with Gasteiger partial charge in [-0.15, -0.1) is 0 Å². The number of aliphatic hydroxyl groups is 1. The molecule has 1 fully saturated rings. The summed E-state index contributed by atoms with van der Waals surface area (Å²) in [5.41, 5.74) is 2.24. The fourth-order valence-corrected chi connectivity index (χ4v) is 7.41. The second kappa shape index (κ2) is 11.5. The summed E-state index contributed by atoms with van der Waals surface area (Å²) in [6.45, 7) is 2.99. The van der Waals surface area contributed by atoms with Crippen molar-refractivity contribution in [1.29, 1.82) is 0 Å². The second-order valence-corrected chi connectivity index (χ2v) is 11.1. The monoisotopic (exact) mass is 358 g/mol. The van der Waals surface area contributed by atoms with Crippen LogP contribution in [0, 0.1) is 24.7 Å². The molecule has 0 spiro atoms. The quantitative estimate of drug-likeness (QED) is 0.420. The highest BCUT2D eigenvalue weighted by Gasteiger charge is 2.23. The smallest absolute Gasteiger partial charge is 0.115 e. The van der Waals surface area contributed by atoms with Crippen LogP contribution in [0.4, 0.5) is 0 Å². The third-order valence-corrected chi connectivity index (χ3v) is 8.94. The molecule has 0 saturated carbocycles. The first-order valence-electron chi connectivity index (χ1n) is 9.92. The van der Waals surface area contributed by atoms with E-state index in [1.165, 1.54) is 55.8 Å². The summed E-state index contributed by atoms with van der Waals surface area (Å²) >= 11 is 0. The summed E-state index contributed by atoms with van der Waals surface area (Å²) in [4.78, 5) is 0. The van der Waals surface area contributed by atoms with Crippen LogP contribution in [-0.2, 0) is 4.74 Å². The second-order valence-electron chi connectivity index (χ2n) is 7.62. The molecule has 1 heterocycles. The van der Waals surface area contributed by atoms with Crippen LogP contribution in [0.15, 0.2) is 24.3 Å². The summed E-state index contributed by atoms with van der Waals surface area (Å²) in [6, 6.07) is 12.6. The maximum absolute atomic E-state index is 10.2. The van der Waals surface area contributed by atoms with Gasteiger partial charge in [-0.2, -0.15) is 0 Å². The SMILES string of the molecule is COCCCCC[Si@H]1CC[C@H](CC(O)C#Cc2ccc(C)cc2)CC1. The van der Waals surface area contributed by atoms with Gasteiger partial charge in [-0.25, -0.2) is 0 Å². The van der Waals surface area contributed by atoms with Gasteiger partial charge >= 0.3 is 0 Å². The van der Waals surface area contributed by atoms with Gasteiger partial charge in [0.05, 0.1) is 0 Å². The van der Waals surface area contributed by atoms with E-state index in [0.717, 1.165) is 18.6 Å². The first kappa shape index (κ1) is 20.2. The van der Waals surface area contributed by atoms with E-state index < -0.39 is 14.9 Å². The minimum Gasteiger partial charge on any atom is -0.385 e. The number of ether oxygens (including phenoxy) is 1. The van der Waals surface area contributed by atoms with Crippen LogP contribution in [0.25, 0.3) is 0 Å². The fraction of sp³-hybridized carbons (Fsp3) is 0.636. The first-order valence-corrected chi connectivity index (χ1v) is 12.4. The molecule has 0 aliphatic carbocycles. The van der Waals surface area contributed by atoms with Crippen molar-refractivity contribution in [2.75, 3.05) is 13.7 Å². The van der Waals surface area contributed by atoms with E-state index in [-0.39, 0.29) is 0 Å². The molecule has 1 aromatic rings. The molecule has 0 amide bonds. The summed E-state index contributed by atoms with van der Waals surface area (Å²) < 4.78 is 5.11. The number of aliphatic hydroxyl groups excluding tert-OH is 1. The number of hydrogen-bond acceptors (Lipinski definition) is 2. The van der Waals surface area contributed by atoms with Gasteiger partial charge in [-0.3, -0.25) is 0 Å². The van der Waals surface area contributed by atoms with Crippen LogP contribution < -0.4 is 0 Å². The van der Waals surface area contributed by atoms with E-state index >= 15 is 0 Å². The Morgan fingerprint density at radius 2 is 1.88 bits per heavy atom. The van der Waals surface area contributed by atoms with E-state index in [1.807, 2.05) is 12.1 Å². The molecule has 2 nitrogen and oxygen atoms in total. The van der Waals surface area contributed by atoms with E-state index in [1.54, 1.807) is 7.11 Å². The zero-order chi connectivity index (χ0) is 17.9. The van der Waals surface area contributed by atoms with Crippen LogP contribution in [-0.4, -0.2) is 33.7 Å². The number of rotatable bonds is 8. The molecular formula is C22H34O2Si. The van der Waals surface area contributed by atoms with Crippen molar-refractivity contribution >= 4 is 8.80 Å². The van der Waals surface area contributed by atoms with Crippen molar-refractivity contribution in [3.05, 3.63) is 35.4 Å². The van der Waals surface area contributed by atoms with Crippen LogP contribution in [0.3, 0.4) is 0 Å². The molecule has 1 saturated heterocycles. The van der Waals surface area contributed by atoms with Crippen LogP contribution in [0.5, 0.6) is 0 Å². The van der Waals surface area contributed by atoms with Crippen molar-refractivity contribution in [3.63, 3.8) is 0 Å². The van der Waals surface area contributed by atoms with Crippen molar-refractivity contribution in [1.82, 2.24) is 0 Å². The number of unbranched alkanes of at least 4 members (excludes halogenated alkanes) is 2. The van der Waals surface area contributed by atoms with Gasteiger partial charge in [0.15, 0.2) is 0 Å². The Morgan fingerprint density at radius 3 is 2.56 bits per heavy atom. The highest BCUT2D eigenvalue weighted by molar-refractivity contribution is 6.58. The van der Waals surface area contributed by atoms with Crippen molar-refractivity contribution in [2.24, 2.45) is 5.92 Å². The highest BCUT2D eigenvalue weighted by atomic mass is 28.3. The molecule has 25 heavy (non-hydrogen) atoms. The fourth-order valence-electron chi connectivity index (χ4n) is 3.79. The molecule has 1 aliphatic heterocycles. The van der Waals surface area contributed by atoms with Gasteiger partial charge in [0.25, 0.3) is 0 Å². The zero-order valence-corrected chi connectivity index (χ0v) is 17.1.